The third kappa shape index (κ3) is 7.38. The van der Waals surface area contributed by atoms with Crippen LogP contribution in [0.15, 0.2) is 41.5 Å². The molecule has 0 bridgehead atoms. The normalized spacial score (nSPS) is 15.8. The van der Waals surface area contributed by atoms with E-state index >= 15 is 0 Å². The Kier molecular flexibility index (Phi) is 10.6. The molecule has 1 aliphatic rings. The number of aliphatic hydroxyl groups is 1. The Morgan fingerprint density at radius 2 is 1.90 bits per heavy atom. The Morgan fingerprint density at radius 3 is 2.55 bits per heavy atom. The Bertz CT molecular complexity index is 795. The van der Waals surface area contributed by atoms with E-state index in [2.05, 4.69) is 22.7 Å². The number of hydrogen-bond donors (Lipinski definition) is 3. The van der Waals surface area contributed by atoms with E-state index in [1.807, 2.05) is 41.2 Å². The summed E-state index contributed by atoms with van der Waals surface area (Å²) in [5, 5.41) is 21.0. The SMILES string of the molecule is CCNC(=NCc1ccn(-c2ccc(OC)cc2)n1)NCC1(CCO)CCCCC1.I. The molecule has 3 rings (SSSR count). The second kappa shape index (κ2) is 12.9. The predicted molar refractivity (Wildman–Crippen MR) is 136 cm³/mol. The molecule has 2 aromatic rings. The number of aliphatic imine (C=N–C) groups is 1. The topological polar surface area (TPSA) is 83.7 Å². The van der Waals surface area contributed by atoms with Gasteiger partial charge >= 0.3 is 0 Å². The number of rotatable bonds is 9. The van der Waals surface area contributed by atoms with Crippen LogP contribution >= 0.6 is 24.0 Å². The molecular formula is C23H36IN5O2. The highest BCUT2D eigenvalue weighted by molar-refractivity contribution is 14.0. The molecule has 0 spiro atoms. The number of halogens is 1. The minimum atomic E-state index is 0. The summed E-state index contributed by atoms with van der Waals surface area (Å²) in [7, 11) is 1.66. The minimum Gasteiger partial charge on any atom is -0.497 e. The van der Waals surface area contributed by atoms with Crippen molar-refractivity contribution in [3.63, 3.8) is 0 Å². The molecule has 7 nitrogen and oxygen atoms in total. The van der Waals surface area contributed by atoms with Gasteiger partial charge in [0, 0.05) is 25.9 Å². The molecule has 31 heavy (non-hydrogen) atoms. The molecule has 172 valence electrons. The fourth-order valence-corrected chi connectivity index (χ4v) is 4.15. The van der Waals surface area contributed by atoms with Crippen LogP contribution in [0.1, 0.15) is 51.1 Å². The van der Waals surface area contributed by atoms with Crippen LogP contribution in [0.2, 0.25) is 0 Å². The van der Waals surface area contributed by atoms with E-state index in [1.165, 1.54) is 32.1 Å². The van der Waals surface area contributed by atoms with Gasteiger partial charge in [-0.15, -0.1) is 24.0 Å². The first-order chi connectivity index (χ1) is 14.7. The Balaban J connectivity index is 0.00000341. The van der Waals surface area contributed by atoms with Crippen molar-refractivity contribution >= 4 is 29.9 Å². The first-order valence-electron chi connectivity index (χ1n) is 11.0. The standard InChI is InChI=1S/C23H35N5O2.HI/c1-3-24-22(26-18-23(14-16-29)12-5-4-6-13-23)25-17-19-11-15-28(27-19)20-7-9-21(30-2)10-8-20;/h7-11,15,29H,3-6,12-14,16-18H2,1-2H3,(H2,24,25,26);1H. The molecule has 0 atom stereocenters. The molecule has 1 aromatic heterocycles. The second-order valence-corrected chi connectivity index (χ2v) is 8.03. The molecule has 0 radical (unpaired) electrons. The van der Waals surface area contributed by atoms with Crippen molar-refractivity contribution < 1.29 is 9.84 Å². The van der Waals surface area contributed by atoms with E-state index in [-0.39, 0.29) is 36.0 Å². The van der Waals surface area contributed by atoms with E-state index < -0.39 is 0 Å². The van der Waals surface area contributed by atoms with Gasteiger partial charge in [-0.05, 0) is 61.9 Å². The Hall–Kier alpha value is -1.81. The van der Waals surface area contributed by atoms with Crippen LogP contribution in [0.25, 0.3) is 5.69 Å². The molecule has 1 saturated carbocycles. The molecule has 1 fully saturated rings. The number of guanidine groups is 1. The van der Waals surface area contributed by atoms with Crippen LogP contribution in [0.5, 0.6) is 5.75 Å². The number of benzene rings is 1. The largest absolute Gasteiger partial charge is 0.497 e. The van der Waals surface area contributed by atoms with Gasteiger partial charge in [0.05, 0.1) is 25.0 Å². The molecule has 1 heterocycles. The van der Waals surface area contributed by atoms with Gasteiger partial charge in [-0.2, -0.15) is 5.10 Å². The third-order valence-electron chi connectivity index (χ3n) is 5.91. The lowest BCUT2D eigenvalue weighted by atomic mass is 9.72. The fraction of sp³-hybridized carbons (Fsp3) is 0.565. The summed E-state index contributed by atoms with van der Waals surface area (Å²) in [6.07, 6.45) is 8.95. The smallest absolute Gasteiger partial charge is 0.191 e. The summed E-state index contributed by atoms with van der Waals surface area (Å²) in [5.41, 5.74) is 2.07. The number of nitrogens with zero attached hydrogens (tertiary/aromatic N) is 3. The number of nitrogens with one attached hydrogen (secondary N) is 2. The van der Waals surface area contributed by atoms with Crippen LogP contribution in [-0.2, 0) is 6.54 Å². The van der Waals surface area contributed by atoms with Gasteiger partial charge in [0.15, 0.2) is 5.96 Å². The molecule has 1 aliphatic carbocycles. The lowest BCUT2D eigenvalue weighted by Gasteiger charge is -2.37. The maximum absolute atomic E-state index is 9.54. The molecule has 0 saturated heterocycles. The van der Waals surface area contributed by atoms with E-state index in [0.717, 1.165) is 42.6 Å². The van der Waals surface area contributed by atoms with E-state index in [1.54, 1.807) is 7.11 Å². The summed E-state index contributed by atoms with van der Waals surface area (Å²) in [6.45, 7) is 4.47. The maximum atomic E-state index is 9.54. The number of aromatic nitrogens is 2. The first-order valence-corrected chi connectivity index (χ1v) is 11.0. The third-order valence-corrected chi connectivity index (χ3v) is 5.91. The van der Waals surface area contributed by atoms with Crippen LogP contribution in [0.4, 0.5) is 0 Å². The molecule has 0 amide bonds. The highest BCUT2D eigenvalue weighted by atomic mass is 127. The molecular weight excluding hydrogens is 505 g/mol. The van der Waals surface area contributed by atoms with Gasteiger partial charge in [-0.3, -0.25) is 0 Å². The van der Waals surface area contributed by atoms with Gasteiger partial charge in [-0.1, -0.05) is 19.3 Å². The lowest BCUT2D eigenvalue weighted by molar-refractivity contribution is 0.131. The van der Waals surface area contributed by atoms with Crippen LogP contribution in [0, 0.1) is 5.41 Å². The summed E-state index contributed by atoms with van der Waals surface area (Å²) < 4.78 is 7.06. The van der Waals surface area contributed by atoms with Crippen molar-refractivity contribution in [3.8, 4) is 11.4 Å². The van der Waals surface area contributed by atoms with Crippen molar-refractivity contribution in [1.29, 1.82) is 0 Å². The van der Waals surface area contributed by atoms with Gasteiger partial charge in [0.2, 0.25) is 0 Å². The number of methoxy groups -OCH3 is 1. The molecule has 0 unspecified atom stereocenters. The maximum Gasteiger partial charge on any atom is 0.191 e. The van der Waals surface area contributed by atoms with Crippen molar-refractivity contribution in [2.75, 3.05) is 26.8 Å². The molecule has 3 N–H and O–H groups in total. The van der Waals surface area contributed by atoms with Gasteiger partial charge in [-0.25, -0.2) is 9.67 Å². The average Bonchev–Trinajstić information content (AvgIpc) is 3.26. The highest BCUT2D eigenvalue weighted by Gasteiger charge is 2.31. The Labute approximate surface area is 202 Å². The van der Waals surface area contributed by atoms with Crippen LogP contribution in [0.3, 0.4) is 0 Å². The zero-order chi connectivity index (χ0) is 21.2. The van der Waals surface area contributed by atoms with Gasteiger partial charge in [0.1, 0.15) is 5.75 Å². The van der Waals surface area contributed by atoms with Gasteiger partial charge < -0.3 is 20.5 Å². The van der Waals surface area contributed by atoms with E-state index in [4.69, 9.17) is 9.73 Å². The van der Waals surface area contributed by atoms with Crippen molar-refractivity contribution in [3.05, 3.63) is 42.2 Å². The minimum absolute atomic E-state index is 0. The predicted octanol–water partition coefficient (Wildman–Crippen LogP) is 3.89. The second-order valence-electron chi connectivity index (χ2n) is 8.03. The van der Waals surface area contributed by atoms with Crippen molar-refractivity contribution in [2.24, 2.45) is 10.4 Å². The Morgan fingerprint density at radius 1 is 1.16 bits per heavy atom. The van der Waals surface area contributed by atoms with E-state index in [9.17, 15) is 5.11 Å². The van der Waals surface area contributed by atoms with Gasteiger partial charge in [0.25, 0.3) is 0 Å². The molecule has 1 aromatic carbocycles. The summed E-state index contributed by atoms with van der Waals surface area (Å²) >= 11 is 0. The number of aliphatic hydroxyl groups excluding tert-OH is 1. The molecule has 0 aliphatic heterocycles. The first kappa shape index (κ1) is 25.5. The van der Waals surface area contributed by atoms with Crippen LogP contribution in [-0.4, -0.2) is 47.7 Å². The monoisotopic (exact) mass is 541 g/mol. The van der Waals surface area contributed by atoms with E-state index in [0.29, 0.717) is 6.54 Å². The summed E-state index contributed by atoms with van der Waals surface area (Å²) in [5.74, 6) is 1.63. The average molecular weight is 541 g/mol. The zero-order valence-electron chi connectivity index (χ0n) is 18.6. The van der Waals surface area contributed by atoms with Crippen LogP contribution < -0.4 is 15.4 Å². The highest BCUT2D eigenvalue weighted by Crippen LogP contribution is 2.38. The van der Waals surface area contributed by atoms with Crippen molar-refractivity contribution in [2.45, 2.75) is 52.0 Å². The number of ether oxygens (including phenoxy) is 1. The zero-order valence-corrected chi connectivity index (χ0v) is 21.0. The van der Waals surface area contributed by atoms with Crippen molar-refractivity contribution in [1.82, 2.24) is 20.4 Å². The quantitative estimate of drug-likeness (QED) is 0.255. The molecule has 8 heteroatoms. The number of hydrogen-bond acceptors (Lipinski definition) is 4. The fourth-order valence-electron chi connectivity index (χ4n) is 4.15. The summed E-state index contributed by atoms with van der Waals surface area (Å²) in [4.78, 5) is 4.73. The summed E-state index contributed by atoms with van der Waals surface area (Å²) in [6, 6.07) is 9.81. The lowest BCUT2D eigenvalue weighted by Crippen LogP contribution is -2.45.